The summed E-state index contributed by atoms with van der Waals surface area (Å²) in [7, 11) is 0. The first-order valence-corrected chi connectivity index (χ1v) is 15.7. The standard InChI is InChI=1S/C41H26N2S/c1-2-11-29(12-3-1)43(40-25-24-36-35-16-8-9-17-39(35)44-41(36)42-40)30-21-18-28(19-22-30)37-26-38-31-13-5-4-10-27(31)20-23-34(38)32-14-6-7-15-33(32)37/h1-26H. The van der Waals surface area contributed by atoms with Crippen LogP contribution in [-0.4, -0.2) is 4.98 Å². The maximum Gasteiger partial charge on any atom is 0.139 e. The van der Waals surface area contributed by atoms with Crippen LogP contribution in [0.25, 0.3) is 63.7 Å². The summed E-state index contributed by atoms with van der Waals surface area (Å²) in [6.07, 6.45) is 0. The first-order chi connectivity index (χ1) is 21.8. The van der Waals surface area contributed by atoms with Crippen molar-refractivity contribution in [3.05, 3.63) is 158 Å². The molecule has 0 atom stereocenters. The topological polar surface area (TPSA) is 16.1 Å². The highest BCUT2D eigenvalue weighted by molar-refractivity contribution is 7.25. The average molecular weight is 579 g/mol. The molecular weight excluding hydrogens is 553 g/mol. The molecule has 206 valence electrons. The molecule has 0 aliphatic heterocycles. The minimum absolute atomic E-state index is 0.908. The molecule has 2 nitrogen and oxygen atoms in total. The zero-order valence-electron chi connectivity index (χ0n) is 23.8. The maximum atomic E-state index is 5.19. The van der Waals surface area contributed by atoms with Gasteiger partial charge in [0, 0.05) is 26.8 Å². The summed E-state index contributed by atoms with van der Waals surface area (Å²) in [6.45, 7) is 0. The third kappa shape index (κ3) is 3.98. The summed E-state index contributed by atoms with van der Waals surface area (Å²) >= 11 is 1.75. The van der Waals surface area contributed by atoms with E-state index >= 15 is 0 Å². The van der Waals surface area contributed by atoms with Crippen LogP contribution in [0, 0.1) is 0 Å². The van der Waals surface area contributed by atoms with Crippen molar-refractivity contribution in [3.63, 3.8) is 0 Å². The highest BCUT2D eigenvalue weighted by Crippen LogP contribution is 2.41. The van der Waals surface area contributed by atoms with Crippen LogP contribution in [-0.2, 0) is 0 Å². The van der Waals surface area contributed by atoms with Crippen LogP contribution in [0.4, 0.5) is 17.2 Å². The number of hydrogen-bond donors (Lipinski definition) is 0. The lowest BCUT2D eigenvalue weighted by molar-refractivity contribution is 1.21. The predicted octanol–water partition coefficient (Wildman–Crippen LogP) is 12.0. The van der Waals surface area contributed by atoms with E-state index in [4.69, 9.17) is 4.98 Å². The van der Waals surface area contributed by atoms with Gasteiger partial charge in [-0.3, -0.25) is 4.90 Å². The molecule has 0 spiro atoms. The Balaban J connectivity index is 1.20. The van der Waals surface area contributed by atoms with Gasteiger partial charge in [0.25, 0.3) is 0 Å². The second-order valence-corrected chi connectivity index (χ2v) is 12.2. The number of benzene rings is 7. The van der Waals surface area contributed by atoms with Crippen molar-refractivity contribution in [1.82, 2.24) is 4.98 Å². The van der Waals surface area contributed by atoms with Crippen LogP contribution >= 0.6 is 11.3 Å². The number of anilines is 3. The second kappa shape index (κ2) is 10.0. The van der Waals surface area contributed by atoms with Crippen LogP contribution < -0.4 is 4.90 Å². The molecule has 3 heteroatoms. The van der Waals surface area contributed by atoms with Gasteiger partial charge >= 0.3 is 0 Å². The van der Waals surface area contributed by atoms with E-state index < -0.39 is 0 Å². The molecule has 9 rings (SSSR count). The summed E-state index contributed by atoms with van der Waals surface area (Å²) in [4.78, 5) is 8.50. The molecule has 0 aliphatic rings. The third-order valence-corrected chi connectivity index (χ3v) is 9.76. The molecule has 44 heavy (non-hydrogen) atoms. The monoisotopic (exact) mass is 578 g/mol. The SMILES string of the molecule is c1ccc(N(c2ccc(-c3cc4c5ccccc5ccc4c4ccccc34)cc2)c2ccc3c(n2)sc2ccccc23)cc1. The highest BCUT2D eigenvalue weighted by Gasteiger charge is 2.17. The fourth-order valence-electron chi connectivity index (χ4n) is 6.60. The molecule has 0 aliphatic carbocycles. The average Bonchev–Trinajstić information content (AvgIpc) is 3.47. The van der Waals surface area contributed by atoms with E-state index in [1.54, 1.807) is 11.3 Å². The Hall–Kier alpha value is -5.51. The Bertz CT molecular complexity index is 2490. The smallest absolute Gasteiger partial charge is 0.139 e. The first kappa shape index (κ1) is 25.0. The van der Waals surface area contributed by atoms with E-state index in [1.165, 1.54) is 58.9 Å². The first-order valence-electron chi connectivity index (χ1n) is 14.9. The van der Waals surface area contributed by atoms with Gasteiger partial charge in [-0.05, 0) is 92.0 Å². The second-order valence-electron chi connectivity index (χ2n) is 11.2. The van der Waals surface area contributed by atoms with Crippen LogP contribution in [0.3, 0.4) is 0 Å². The minimum atomic E-state index is 0.908. The molecule has 0 bridgehead atoms. The van der Waals surface area contributed by atoms with Crippen molar-refractivity contribution in [1.29, 1.82) is 0 Å². The molecule has 0 N–H and O–H groups in total. The van der Waals surface area contributed by atoms with Gasteiger partial charge in [0.2, 0.25) is 0 Å². The highest BCUT2D eigenvalue weighted by atomic mass is 32.1. The molecular formula is C41H26N2S. The van der Waals surface area contributed by atoms with Crippen molar-refractivity contribution in [2.24, 2.45) is 0 Å². The molecule has 2 heterocycles. The number of fused-ring (bicyclic) bond motifs is 8. The van der Waals surface area contributed by atoms with Gasteiger partial charge in [-0.25, -0.2) is 4.98 Å². The summed E-state index contributed by atoms with van der Waals surface area (Å²) in [6, 6.07) is 56.7. The van der Waals surface area contributed by atoms with E-state index in [9.17, 15) is 0 Å². The summed E-state index contributed by atoms with van der Waals surface area (Å²) in [5.74, 6) is 0.908. The molecule has 0 saturated heterocycles. The largest absolute Gasteiger partial charge is 0.295 e. The van der Waals surface area contributed by atoms with Crippen LogP contribution in [0.2, 0.25) is 0 Å². The van der Waals surface area contributed by atoms with Gasteiger partial charge in [0.05, 0.1) is 0 Å². The fourth-order valence-corrected chi connectivity index (χ4v) is 7.67. The lowest BCUT2D eigenvalue weighted by atomic mass is 9.91. The van der Waals surface area contributed by atoms with Crippen molar-refractivity contribution < 1.29 is 0 Å². The zero-order chi connectivity index (χ0) is 29.0. The molecule has 9 aromatic rings. The van der Waals surface area contributed by atoms with Gasteiger partial charge in [0.1, 0.15) is 10.6 Å². The van der Waals surface area contributed by atoms with E-state index in [0.717, 1.165) is 22.0 Å². The minimum Gasteiger partial charge on any atom is -0.295 e. The summed E-state index contributed by atoms with van der Waals surface area (Å²) in [5.41, 5.74) is 4.59. The van der Waals surface area contributed by atoms with Crippen LogP contribution in [0.5, 0.6) is 0 Å². The summed E-state index contributed by atoms with van der Waals surface area (Å²) < 4.78 is 1.26. The number of pyridine rings is 1. The lowest BCUT2D eigenvalue weighted by Gasteiger charge is -2.24. The lowest BCUT2D eigenvalue weighted by Crippen LogP contribution is -2.11. The molecule has 7 aromatic carbocycles. The van der Waals surface area contributed by atoms with E-state index in [1.807, 2.05) is 0 Å². The van der Waals surface area contributed by atoms with Crippen molar-refractivity contribution in [2.75, 3.05) is 4.90 Å². The molecule has 0 fully saturated rings. The molecule has 0 unspecified atom stereocenters. The quantitative estimate of drug-likeness (QED) is 0.193. The number of para-hydroxylation sites is 1. The number of aromatic nitrogens is 1. The number of thiophene rings is 1. The Kier molecular flexibility index (Phi) is 5.71. The molecule has 0 radical (unpaired) electrons. The number of hydrogen-bond acceptors (Lipinski definition) is 3. The predicted molar refractivity (Wildman–Crippen MR) is 190 cm³/mol. The van der Waals surface area contributed by atoms with Crippen molar-refractivity contribution in [3.8, 4) is 11.1 Å². The normalized spacial score (nSPS) is 11.6. The zero-order valence-corrected chi connectivity index (χ0v) is 24.6. The van der Waals surface area contributed by atoms with E-state index in [0.29, 0.717) is 0 Å². The van der Waals surface area contributed by atoms with Crippen molar-refractivity contribution >= 4 is 81.1 Å². The third-order valence-electron chi connectivity index (χ3n) is 8.68. The Morgan fingerprint density at radius 1 is 0.432 bits per heavy atom. The maximum absolute atomic E-state index is 5.19. The van der Waals surface area contributed by atoms with Gasteiger partial charge < -0.3 is 0 Å². The Morgan fingerprint density at radius 2 is 1.07 bits per heavy atom. The molecule has 2 aromatic heterocycles. The Morgan fingerprint density at radius 3 is 1.91 bits per heavy atom. The molecule has 0 amide bonds. The number of nitrogens with zero attached hydrogens (tertiary/aromatic N) is 2. The van der Waals surface area contributed by atoms with Gasteiger partial charge in [-0.2, -0.15) is 0 Å². The van der Waals surface area contributed by atoms with Gasteiger partial charge in [-0.15, -0.1) is 11.3 Å². The van der Waals surface area contributed by atoms with Crippen LogP contribution in [0.1, 0.15) is 0 Å². The fraction of sp³-hybridized carbons (Fsp3) is 0. The van der Waals surface area contributed by atoms with Crippen molar-refractivity contribution in [2.45, 2.75) is 0 Å². The van der Waals surface area contributed by atoms with Crippen LogP contribution in [0.15, 0.2) is 158 Å². The molecule has 0 saturated carbocycles. The van der Waals surface area contributed by atoms with E-state index in [2.05, 4.69) is 163 Å². The summed E-state index contributed by atoms with van der Waals surface area (Å²) in [5, 5.41) is 10.1. The van der Waals surface area contributed by atoms with Gasteiger partial charge in [0.15, 0.2) is 0 Å². The Labute approximate surface area is 259 Å². The van der Waals surface area contributed by atoms with E-state index in [-0.39, 0.29) is 0 Å². The number of rotatable bonds is 4. The van der Waals surface area contributed by atoms with Gasteiger partial charge in [-0.1, -0.05) is 109 Å².